The lowest BCUT2D eigenvalue weighted by molar-refractivity contribution is -0.277. The number of phenols is 3. The molecule has 1 fully saturated rings. The van der Waals surface area contributed by atoms with Crippen molar-refractivity contribution in [2.24, 2.45) is 0 Å². The summed E-state index contributed by atoms with van der Waals surface area (Å²) in [6.45, 7) is -0.740. The molecule has 0 saturated carbocycles. The predicted molar refractivity (Wildman–Crippen MR) is 120 cm³/mol. The zero-order valence-corrected chi connectivity index (χ0v) is 19.0. The van der Waals surface area contributed by atoms with Crippen molar-refractivity contribution in [1.82, 2.24) is 0 Å². The maximum Gasteiger partial charge on any atom is 0.239 e. The maximum atomic E-state index is 13.5. The molecule has 0 aliphatic carbocycles. The highest BCUT2D eigenvalue weighted by Gasteiger charge is 2.45. The van der Waals surface area contributed by atoms with Gasteiger partial charge in [0.2, 0.25) is 23.2 Å². The minimum Gasteiger partial charge on any atom is -0.508 e. The normalized spacial score (nSPS) is 24.0. The number of benzene rings is 2. The molecule has 2 heterocycles. The van der Waals surface area contributed by atoms with Crippen molar-refractivity contribution in [3.05, 3.63) is 34.5 Å². The molecule has 4 rings (SSSR count). The molecule has 13 heteroatoms. The van der Waals surface area contributed by atoms with Crippen LogP contribution in [0.5, 0.6) is 34.5 Å². The summed E-state index contributed by atoms with van der Waals surface area (Å²) in [6, 6.07) is 4.55. The van der Waals surface area contributed by atoms with Gasteiger partial charge in [0.1, 0.15) is 46.9 Å². The molecule has 0 radical (unpaired) electrons. The van der Waals surface area contributed by atoms with Crippen molar-refractivity contribution < 1.29 is 59.1 Å². The zero-order valence-electron chi connectivity index (χ0n) is 19.0. The highest BCUT2D eigenvalue weighted by Crippen LogP contribution is 2.43. The molecule has 2 aromatic carbocycles. The van der Waals surface area contributed by atoms with Gasteiger partial charge < -0.3 is 59.1 Å². The van der Waals surface area contributed by atoms with Crippen molar-refractivity contribution in [1.29, 1.82) is 0 Å². The van der Waals surface area contributed by atoms with Gasteiger partial charge in [0.25, 0.3) is 0 Å². The summed E-state index contributed by atoms with van der Waals surface area (Å²) in [5.74, 6) is -2.44. The maximum absolute atomic E-state index is 13.5. The van der Waals surface area contributed by atoms with Gasteiger partial charge >= 0.3 is 0 Å². The summed E-state index contributed by atoms with van der Waals surface area (Å²) in [5.41, 5.74) is -1.12. The Labute approximate surface area is 202 Å². The predicted octanol–water partition coefficient (Wildman–Crippen LogP) is -0.227. The van der Waals surface area contributed by atoms with Crippen molar-refractivity contribution in [3.63, 3.8) is 0 Å². The van der Waals surface area contributed by atoms with E-state index in [0.717, 1.165) is 12.1 Å². The molecule has 0 amide bonds. The monoisotopic (exact) mass is 508 g/mol. The fourth-order valence-corrected chi connectivity index (χ4v) is 3.87. The van der Waals surface area contributed by atoms with Crippen molar-refractivity contribution in [3.8, 4) is 45.8 Å². The molecule has 1 aliphatic heterocycles. The highest BCUT2D eigenvalue weighted by atomic mass is 16.7. The zero-order chi connectivity index (χ0) is 26.3. The Kier molecular flexibility index (Phi) is 6.84. The third-order valence-electron chi connectivity index (χ3n) is 5.74. The van der Waals surface area contributed by atoms with Gasteiger partial charge in [0.05, 0.1) is 20.8 Å². The molecule has 3 aromatic rings. The quantitative estimate of drug-likeness (QED) is 0.230. The van der Waals surface area contributed by atoms with Crippen LogP contribution in [0.15, 0.2) is 33.5 Å². The SMILES string of the molecule is COc1cc(-c2oc3cc(O)cc(O)c3c(=O)c2O[C@@H]2O[C@@H](CO)[C@@H](O)[C@@H](O)[C@H]2O)cc(OC)c1O. The average Bonchev–Trinajstić information content (AvgIpc) is 2.85. The molecule has 13 nitrogen and oxygen atoms in total. The van der Waals surface area contributed by atoms with E-state index in [1.54, 1.807) is 0 Å². The van der Waals surface area contributed by atoms with Crippen LogP contribution in [0.3, 0.4) is 0 Å². The Hall–Kier alpha value is -3.75. The van der Waals surface area contributed by atoms with E-state index in [4.69, 9.17) is 23.4 Å². The summed E-state index contributed by atoms with van der Waals surface area (Å²) >= 11 is 0. The Balaban J connectivity index is 1.96. The van der Waals surface area contributed by atoms with Crippen LogP contribution in [0.1, 0.15) is 0 Å². The van der Waals surface area contributed by atoms with E-state index >= 15 is 0 Å². The van der Waals surface area contributed by atoms with Gasteiger partial charge in [-0.15, -0.1) is 0 Å². The van der Waals surface area contributed by atoms with Gasteiger partial charge in [-0.3, -0.25) is 4.79 Å². The lowest BCUT2D eigenvalue weighted by atomic mass is 9.99. The number of rotatable bonds is 6. The molecule has 1 saturated heterocycles. The summed E-state index contributed by atoms with van der Waals surface area (Å²) in [7, 11) is 2.55. The van der Waals surface area contributed by atoms with Gasteiger partial charge in [0, 0.05) is 17.7 Å². The number of hydrogen-bond acceptors (Lipinski definition) is 13. The van der Waals surface area contributed by atoms with Gasteiger partial charge in [-0.05, 0) is 12.1 Å². The summed E-state index contributed by atoms with van der Waals surface area (Å²) in [5, 5.41) is 70.1. The fourth-order valence-electron chi connectivity index (χ4n) is 3.87. The molecular formula is C23H24O13. The van der Waals surface area contributed by atoms with Gasteiger partial charge in [0.15, 0.2) is 17.3 Å². The standard InChI is InChI=1S/C23H24O13/c1-32-12-3-8(4-13(33-2)16(12)27)21-22(18(29)15-10(26)5-9(25)6-11(15)34-21)36-23-20(31)19(30)17(28)14(7-24)35-23/h3-6,14,17,19-20,23-28,30-31H,7H2,1-2H3/t14-,17+,19+,20+,23-/m0/s1. The van der Waals surface area contributed by atoms with Crippen LogP contribution in [0.2, 0.25) is 0 Å². The van der Waals surface area contributed by atoms with E-state index < -0.39 is 60.0 Å². The number of aromatic hydroxyl groups is 3. The van der Waals surface area contributed by atoms with Crippen molar-refractivity contribution >= 4 is 11.0 Å². The second-order valence-corrected chi connectivity index (χ2v) is 7.97. The van der Waals surface area contributed by atoms with Crippen LogP contribution < -0.4 is 19.6 Å². The third kappa shape index (κ3) is 4.23. The van der Waals surface area contributed by atoms with Crippen molar-refractivity contribution in [2.75, 3.05) is 20.8 Å². The molecule has 5 atom stereocenters. The molecule has 0 bridgehead atoms. The highest BCUT2D eigenvalue weighted by molar-refractivity contribution is 5.88. The van der Waals surface area contributed by atoms with E-state index in [1.165, 1.54) is 26.4 Å². The van der Waals surface area contributed by atoms with E-state index in [1.807, 2.05) is 0 Å². The number of aliphatic hydroxyl groups excluding tert-OH is 4. The topological polar surface area (TPSA) is 209 Å². The lowest BCUT2D eigenvalue weighted by Crippen LogP contribution is -2.60. The number of phenolic OH excluding ortho intramolecular Hbond substituents is 3. The van der Waals surface area contributed by atoms with E-state index in [9.17, 15) is 40.5 Å². The number of ether oxygens (including phenoxy) is 4. The molecule has 0 spiro atoms. The van der Waals surface area contributed by atoms with Crippen molar-refractivity contribution in [2.45, 2.75) is 30.7 Å². The van der Waals surface area contributed by atoms with Crippen LogP contribution in [0.4, 0.5) is 0 Å². The van der Waals surface area contributed by atoms with Gasteiger partial charge in [-0.1, -0.05) is 0 Å². The first-order valence-corrected chi connectivity index (χ1v) is 10.6. The summed E-state index contributed by atoms with van der Waals surface area (Å²) < 4.78 is 27.1. The van der Waals surface area contributed by atoms with Gasteiger partial charge in [-0.25, -0.2) is 0 Å². The van der Waals surface area contributed by atoms with Crippen LogP contribution in [0.25, 0.3) is 22.3 Å². The molecular weight excluding hydrogens is 484 g/mol. The van der Waals surface area contributed by atoms with Gasteiger partial charge in [-0.2, -0.15) is 0 Å². The molecule has 194 valence electrons. The minimum absolute atomic E-state index is 0.0651. The second-order valence-electron chi connectivity index (χ2n) is 7.97. The van der Waals surface area contributed by atoms with E-state index in [-0.39, 0.29) is 39.5 Å². The van der Waals surface area contributed by atoms with E-state index in [0.29, 0.717) is 0 Å². The number of aliphatic hydroxyl groups is 4. The molecule has 36 heavy (non-hydrogen) atoms. The smallest absolute Gasteiger partial charge is 0.239 e. The number of methoxy groups -OCH3 is 2. The molecule has 1 aromatic heterocycles. The first-order valence-electron chi connectivity index (χ1n) is 10.6. The van der Waals surface area contributed by atoms with Crippen LogP contribution in [-0.2, 0) is 4.74 Å². The molecule has 7 N–H and O–H groups in total. The third-order valence-corrected chi connectivity index (χ3v) is 5.74. The Morgan fingerprint density at radius 2 is 1.56 bits per heavy atom. The number of fused-ring (bicyclic) bond motifs is 1. The average molecular weight is 508 g/mol. The Morgan fingerprint density at radius 3 is 2.14 bits per heavy atom. The van der Waals surface area contributed by atoms with Crippen LogP contribution in [-0.4, -0.2) is 87.3 Å². The summed E-state index contributed by atoms with van der Waals surface area (Å²) in [4.78, 5) is 13.5. The lowest BCUT2D eigenvalue weighted by Gasteiger charge is -2.39. The minimum atomic E-state index is -1.86. The van der Waals surface area contributed by atoms with Crippen LogP contribution >= 0.6 is 0 Å². The Morgan fingerprint density at radius 1 is 0.917 bits per heavy atom. The largest absolute Gasteiger partial charge is 0.508 e. The van der Waals surface area contributed by atoms with E-state index in [2.05, 4.69) is 0 Å². The first kappa shape index (κ1) is 25.3. The fraction of sp³-hybridized carbons (Fsp3) is 0.348. The Bertz CT molecular complexity index is 1310. The first-order chi connectivity index (χ1) is 17.1. The molecule has 0 unspecified atom stereocenters. The molecule has 1 aliphatic rings. The second kappa shape index (κ2) is 9.72. The number of hydrogen-bond donors (Lipinski definition) is 7. The van der Waals surface area contributed by atoms with Crippen LogP contribution in [0, 0.1) is 0 Å². The summed E-state index contributed by atoms with van der Waals surface area (Å²) in [6.07, 6.45) is -8.42.